The van der Waals surface area contributed by atoms with Crippen molar-refractivity contribution < 1.29 is 4.79 Å². The summed E-state index contributed by atoms with van der Waals surface area (Å²) < 4.78 is 0. The molecule has 0 radical (unpaired) electrons. The molecule has 94 valence electrons. The lowest BCUT2D eigenvalue weighted by Crippen LogP contribution is -2.24. The van der Waals surface area contributed by atoms with Gasteiger partial charge in [0.25, 0.3) is 0 Å². The van der Waals surface area contributed by atoms with E-state index in [0.717, 1.165) is 11.3 Å². The fraction of sp³-hybridized carbons (Fsp3) is 0.500. The van der Waals surface area contributed by atoms with Crippen molar-refractivity contribution >= 4 is 17.7 Å². The number of rotatable bonds is 4. The van der Waals surface area contributed by atoms with Crippen molar-refractivity contribution in [3.63, 3.8) is 0 Å². The number of thioether (sulfide) groups is 1. The van der Waals surface area contributed by atoms with Crippen molar-refractivity contribution in [2.45, 2.75) is 49.7 Å². The minimum atomic E-state index is -0.239. The van der Waals surface area contributed by atoms with Crippen LogP contribution in [0.2, 0.25) is 0 Å². The summed E-state index contributed by atoms with van der Waals surface area (Å²) in [5.74, 6) is -0.239. The molecule has 1 amide bonds. The smallest absolute Gasteiger partial charge is 0.230 e. The Morgan fingerprint density at radius 2 is 1.82 bits per heavy atom. The topological polar surface area (TPSA) is 43.1 Å². The molecule has 2 N–H and O–H groups in total. The third kappa shape index (κ3) is 4.08. The van der Waals surface area contributed by atoms with Crippen LogP contribution in [0.15, 0.2) is 29.2 Å². The van der Waals surface area contributed by atoms with Gasteiger partial charge in [0, 0.05) is 4.90 Å². The second kappa shape index (κ2) is 5.58. The van der Waals surface area contributed by atoms with Gasteiger partial charge >= 0.3 is 0 Å². The maximum atomic E-state index is 11.2. The number of hydrogen-bond acceptors (Lipinski definition) is 2. The number of nitrogens with two attached hydrogens (primary N) is 1. The molecule has 0 aliphatic rings. The summed E-state index contributed by atoms with van der Waals surface area (Å²) in [5.41, 5.74) is 6.80. The maximum Gasteiger partial charge on any atom is 0.230 e. The summed E-state index contributed by atoms with van der Waals surface area (Å²) in [6.45, 7) is 8.54. The molecule has 1 aromatic carbocycles. The normalized spacial score (nSPS) is 13.4. The first-order chi connectivity index (χ1) is 7.84. The minimum Gasteiger partial charge on any atom is -0.369 e. The minimum absolute atomic E-state index is 0.129. The lowest BCUT2D eigenvalue weighted by molar-refractivity contribution is -0.117. The van der Waals surface area contributed by atoms with E-state index in [2.05, 4.69) is 45.0 Å². The third-order valence-corrected chi connectivity index (χ3v) is 4.08. The zero-order chi connectivity index (χ0) is 13.1. The average Bonchev–Trinajstić information content (AvgIpc) is 2.25. The van der Waals surface area contributed by atoms with E-state index in [1.54, 1.807) is 11.8 Å². The molecule has 1 unspecified atom stereocenters. The summed E-state index contributed by atoms with van der Waals surface area (Å²) >= 11 is 1.54. The van der Waals surface area contributed by atoms with E-state index in [1.807, 2.05) is 6.92 Å². The monoisotopic (exact) mass is 251 g/mol. The average molecular weight is 251 g/mol. The first-order valence-corrected chi connectivity index (χ1v) is 6.79. The third-order valence-electron chi connectivity index (χ3n) is 2.69. The Balaban J connectivity index is 2.78. The van der Waals surface area contributed by atoms with Gasteiger partial charge in [-0.25, -0.2) is 0 Å². The Morgan fingerprint density at radius 3 is 2.18 bits per heavy atom. The van der Waals surface area contributed by atoms with Crippen LogP contribution in [0.25, 0.3) is 0 Å². The molecule has 0 aliphatic heterocycles. The summed E-state index contributed by atoms with van der Waals surface area (Å²) in [6.07, 6.45) is 0.765. The van der Waals surface area contributed by atoms with Gasteiger partial charge in [-0.2, -0.15) is 0 Å². The fourth-order valence-electron chi connectivity index (χ4n) is 1.54. The van der Waals surface area contributed by atoms with Gasteiger partial charge in [0.2, 0.25) is 5.91 Å². The van der Waals surface area contributed by atoms with Gasteiger partial charge in [-0.1, -0.05) is 39.8 Å². The summed E-state index contributed by atoms with van der Waals surface area (Å²) in [7, 11) is 0. The van der Waals surface area contributed by atoms with Crippen LogP contribution in [0, 0.1) is 0 Å². The molecule has 0 heterocycles. The SMILES string of the molecule is CCC(Sc1ccc(C(C)(C)C)cc1)C(N)=O. The lowest BCUT2D eigenvalue weighted by Gasteiger charge is -2.19. The number of hydrogen-bond donors (Lipinski definition) is 1. The molecule has 1 atom stereocenters. The molecule has 0 bridgehead atoms. The summed E-state index contributed by atoms with van der Waals surface area (Å²) in [6, 6.07) is 8.37. The molecule has 0 aromatic heterocycles. The molecule has 0 fully saturated rings. The number of benzene rings is 1. The Kier molecular flexibility index (Phi) is 4.63. The van der Waals surface area contributed by atoms with Crippen LogP contribution in [0.3, 0.4) is 0 Å². The predicted octanol–water partition coefficient (Wildman–Crippen LogP) is 3.34. The molecule has 1 aromatic rings. The van der Waals surface area contributed by atoms with E-state index in [9.17, 15) is 4.79 Å². The van der Waals surface area contributed by atoms with Crippen molar-refractivity contribution in [2.24, 2.45) is 5.73 Å². The van der Waals surface area contributed by atoms with Gasteiger partial charge in [-0.3, -0.25) is 4.79 Å². The first-order valence-electron chi connectivity index (χ1n) is 5.91. The van der Waals surface area contributed by atoms with E-state index < -0.39 is 0 Å². The maximum absolute atomic E-state index is 11.2. The van der Waals surface area contributed by atoms with Crippen molar-refractivity contribution in [2.75, 3.05) is 0 Å². The second-order valence-electron chi connectivity index (χ2n) is 5.19. The largest absolute Gasteiger partial charge is 0.369 e. The second-order valence-corrected chi connectivity index (χ2v) is 6.47. The van der Waals surface area contributed by atoms with Crippen LogP contribution >= 0.6 is 11.8 Å². The van der Waals surface area contributed by atoms with E-state index >= 15 is 0 Å². The lowest BCUT2D eigenvalue weighted by atomic mass is 9.87. The van der Waals surface area contributed by atoms with Gasteiger partial charge in [0.1, 0.15) is 0 Å². The number of amides is 1. The molecule has 0 aliphatic carbocycles. The zero-order valence-corrected chi connectivity index (χ0v) is 11.8. The molecule has 3 heteroatoms. The van der Waals surface area contributed by atoms with Gasteiger partial charge < -0.3 is 5.73 Å². The molecule has 0 spiro atoms. The van der Waals surface area contributed by atoms with E-state index in [-0.39, 0.29) is 16.6 Å². The first kappa shape index (κ1) is 14.1. The molecule has 0 saturated heterocycles. The van der Waals surface area contributed by atoms with Crippen molar-refractivity contribution in [3.8, 4) is 0 Å². The van der Waals surface area contributed by atoms with Gasteiger partial charge in [0.15, 0.2) is 0 Å². The molecule has 2 nitrogen and oxygen atoms in total. The van der Waals surface area contributed by atoms with Gasteiger partial charge in [-0.05, 0) is 29.5 Å². The fourth-order valence-corrected chi connectivity index (χ4v) is 2.44. The quantitative estimate of drug-likeness (QED) is 0.834. The number of carbonyl (C=O) groups is 1. The molecule has 0 saturated carbocycles. The van der Waals surface area contributed by atoms with Crippen molar-refractivity contribution in [1.29, 1.82) is 0 Å². The van der Waals surface area contributed by atoms with Crippen molar-refractivity contribution in [3.05, 3.63) is 29.8 Å². The van der Waals surface area contributed by atoms with Crippen LogP contribution in [0.5, 0.6) is 0 Å². The van der Waals surface area contributed by atoms with Gasteiger partial charge in [0.05, 0.1) is 5.25 Å². The van der Waals surface area contributed by atoms with E-state index in [0.29, 0.717) is 0 Å². The summed E-state index contributed by atoms with van der Waals surface area (Å²) in [4.78, 5) is 12.3. The van der Waals surface area contributed by atoms with E-state index in [4.69, 9.17) is 5.73 Å². The Hall–Kier alpha value is -0.960. The standard InChI is InChI=1S/C14H21NOS/c1-5-12(13(15)16)17-11-8-6-10(7-9-11)14(2,3)4/h6-9,12H,5H2,1-4H3,(H2,15,16). The number of primary amides is 1. The number of carbonyl (C=O) groups excluding carboxylic acids is 1. The highest BCUT2D eigenvalue weighted by molar-refractivity contribution is 8.00. The Labute approximate surface area is 108 Å². The van der Waals surface area contributed by atoms with Crippen LogP contribution < -0.4 is 5.73 Å². The molecular formula is C14H21NOS. The molecular weight excluding hydrogens is 230 g/mol. The summed E-state index contributed by atoms with van der Waals surface area (Å²) in [5, 5.41) is -0.129. The highest BCUT2D eigenvalue weighted by atomic mass is 32.2. The van der Waals surface area contributed by atoms with Crippen LogP contribution in [-0.2, 0) is 10.2 Å². The molecule has 17 heavy (non-hydrogen) atoms. The van der Waals surface area contributed by atoms with Crippen LogP contribution in [-0.4, -0.2) is 11.2 Å². The zero-order valence-electron chi connectivity index (χ0n) is 11.0. The predicted molar refractivity (Wildman–Crippen MR) is 74.3 cm³/mol. The van der Waals surface area contributed by atoms with Crippen molar-refractivity contribution in [1.82, 2.24) is 0 Å². The Bertz CT molecular complexity index is 378. The highest BCUT2D eigenvalue weighted by Gasteiger charge is 2.16. The molecule has 1 rings (SSSR count). The Morgan fingerprint density at radius 1 is 1.29 bits per heavy atom. The van der Waals surface area contributed by atoms with Crippen LogP contribution in [0.1, 0.15) is 39.7 Å². The highest BCUT2D eigenvalue weighted by Crippen LogP contribution is 2.28. The van der Waals surface area contributed by atoms with Gasteiger partial charge in [-0.15, -0.1) is 11.8 Å². The van der Waals surface area contributed by atoms with Crippen LogP contribution in [0.4, 0.5) is 0 Å². The van der Waals surface area contributed by atoms with E-state index in [1.165, 1.54) is 5.56 Å².